The summed E-state index contributed by atoms with van der Waals surface area (Å²) < 4.78 is 0. The van der Waals surface area contributed by atoms with E-state index in [1.54, 1.807) is 5.57 Å². The van der Waals surface area contributed by atoms with Crippen LogP contribution in [-0.4, -0.2) is 6.54 Å². The average Bonchev–Trinajstić information content (AvgIpc) is 3.18. The van der Waals surface area contributed by atoms with Gasteiger partial charge in [-0.2, -0.15) is 0 Å². The molecule has 0 saturated heterocycles. The zero-order valence-electron chi connectivity index (χ0n) is 11.7. The van der Waals surface area contributed by atoms with Crippen molar-refractivity contribution in [2.45, 2.75) is 38.1 Å². The van der Waals surface area contributed by atoms with Gasteiger partial charge < -0.3 is 5.32 Å². The summed E-state index contributed by atoms with van der Waals surface area (Å²) in [6, 6.07) is 9.14. The molecule has 3 rings (SSSR count). The Balaban J connectivity index is 1.61. The average molecular weight is 303 g/mol. The molecule has 1 aliphatic carbocycles. The second kappa shape index (κ2) is 7.21. The molecule has 2 heterocycles. The highest BCUT2D eigenvalue weighted by molar-refractivity contribution is 7.11. The zero-order chi connectivity index (χ0) is 13.6. The highest BCUT2D eigenvalue weighted by atomic mass is 32.1. The SMILES string of the molecule is C1=C(CCNC(c2cccs2)c2cccs2)CCCC1. The molecule has 0 aromatic carbocycles. The predicted octanol–water partition coefficient (Wildman–Crippen LogP) is 5.38. The van der Waals surface area contributed by atoms with Gasteiger partial charge in [-0.25, -0.2) is 0 Å². The van der Waals surface area contributed by atoms with Gasteiger partial charge in [-0.05, 0) is 61.5 Å². The van der Waals surface area contributed by atoms with Crippen LogP contribution in [0.15, 0.2) is 46.7 Å². The summed E-state index contributed by atoms with van der Waals surface area (Å²) >= 11 is 3.69. The molecule has 1 nitrogen and oxygen atoms in total. The Labute approximate surface area is 129 Å². The molecule has 1 N–H and O–H groups in total. The van der Waals surface area contributed by atoms with Crippen LogP contribution in [0.3, 0.4) is 0 Å². The molecule has 0 unspecified atom stereocenters. The van der Waals surface area contributed by atoms with E-state index in [1.807, 2.05) is 22.7 Å². The summed E-state index contributed by atoms with van der Waals surface area (Å²) in [5.74, 6) is 0. The van der Waals surface area contributed by atoms with E-state index >= 15 is 0 Å². The van der Waals surface area contributed by atoms with Crippen molar-refractivity contribution in [1.82, 2.24) is 5.32 Å². The van der Waals surface area contributed by atoms with Crippen LogP contribution in [0.4, 0.5) is 0 Å². The normalized spacial score (nSPS) is 15.6. The fourth-order valence-electron chi connectivity index (χ4n) is 2.76. The van der Waals surface area contributed by atoms with Crippen molar-refractivity contribution in [3.05, 3.63) is 56.4 Å². The van der Waals surface area contributed by atoms with Crippen LogP contribution in [0, 0.1) is 0 Å². The van der Waals surface area contributed by atoms with Crippen LogP contribution >= 0.6 is 22.7 Å². The van der Waals surface area contributed by atoms with E-state index in [0.717, 1.165) is 6.54 Å². The molecule has 1 aliphatic rings. The van der Waals surface area contributed by atoms with Gasteiger partial charge in [0.05, 0.1) is 6.04 Å². The molecule has 0 atom stereocenters. The van der Waals surface area contributed by atoms with Crippen LogP contribution in [0.5, 0.6) is 0 Å². The third-order valence-corrected chi connectivity index (χ3v) is 5.71. The Morgan fingerprint density at radius 3 is 2.35 bits per heavy atom. The maximum absolute atomic E-state index is 3.75. The smallest absolute Gasteiger partial charge is 0.0764 e. The van der Waals surface area contributed by atoms with Crippen LogP contribution in [0.25, 0.3) is 0 Å². The first-order valence-electron chi connectivity index (χ1n) is 7.41. The topological polar surface area (TPSA) is 12.0 Å². The number of allylic oxidation sites excluding steroid dienone is 1. The second-order valence-electron chi connectivity index (χ2n) is 5.28. The van der Waals surface area contributed by atoms with Crippen molar-refractivity contribution in [3.63, 3.8) is 0 Å². The number of hydrogen-bond donors (Lipinski definition) is 1. The summed E-state index contributed by atoms with van der Waals surface area (Å²) in [6.07, 6.45) is 9.01. The third kappa shape index (κ3) is 3.60. The lowest BCUT2D eigenvalue weighted by molar-refractivity contribution is 0.596. The lowest BCUT2D eigenvalue weighted by atomic mass is 9.97. The second-order valence-corrected chi connectivity index (χ2v) is 7.23. The molecule has 0 fully saturated rings. The largest absolute Gasteiger partial charge is 0.305 e. The number of hydrogen-bond acceptors (Lipinski definition) is 3. The summed E-state index contributed by atoms with van der Waals surface area (Å²) in [5, 5.41) is 8.09. The van der Waals surface area contributed by atoms with Gasteiger partial charge in [0.1, 0.15) is 0 Å². The Hall–Kier alpha value is -0.900. The van der Waals surface area contributed by atoms with Crippen molar-refractivity contribution in [3.8, 4) is 0 Å². The first-order chi connectivity index (χ1) is 9.93. The number of nitrogens with one attached hydrogen (secondary N) is 1. The Bertz CT molecular complexity index is 491. The third-order valence-electron chi connectivity index (χ3n) is 3.84. The standard InChI is InChI=1S/C17H21NS2/c1-2-6-14(7-3-1)10-11-18-17(15-8-4-12-19-15)16-9-5-13-20-16/h4-6,8-9,12-13,17-18H,1-3,7,10-11H2. The minimum atomic E-state index is 0.374. The van der Waals surface area contributed by atoms with E-state index in [-0.39, 0.29) is 0 Å². The van der Waals surface area contributed by atoms with Crippen molar-refractivity contribution in [1.29, 1.82) is 0 Å². The van der Waals surface area contributed by atoms with Crippen LogP contribution in [0.1, 0.15) is 47.9 Å². The van der Waals surface area contributed by atoms with Gasteiger partial charge in [0.25, 0.3) is 0 Å². The highest BCUT2D eigenvalue weighted by Crippen LogP contribution is 2.29. The fourth-order valence-corrected chi connectivity index (χ4v) is 4.47. The molecule has 3 heteroatoms. The molecule has 0 amide bonds. The van der Waals surface area contributed by atoms with Gasteiger partial charge in [-0.3, -0.25) is 0 Å². The Kier molecular flexibility index (Phi) is 5.06. The minimum Gasteiger partial charge on any atom is -0.305 e. The van der Waals surface area contributed by atoms with Crippen molar-refractivity contribution < 1.29 is 0 Å². The van der Waals surface area contributed by atoms with Crippen LogP contribution in [-0.2, 0) is 0 Å². The van der Waals surface area contributed by atoms with Gasteiger partial charge in [-0.1, -0.05) is 23.8 Å². The quantitative estimate of drug-likeness (QED) is 0.707. The summed E-state index contributed by atoms with van der Waals surface area (Å²) in [6.45, 7) is 1.08. The molecule has 0 bridgehead atoms. The lowest BCUT2D eigenvalue weighted by Gasteiger charge is -2.18. The molecule has 20 heavy (non-hydrogen) atoms. The maximum atomic E-state index is 3.75. The van der Waals surface area contributed by atoms with E-state index in [0.29, 0.717) is 6.04 Å². The van der Waals surface area contributed by atoms with Gasteiger partial charge >= 0.3 is 0 Å². The maximum Gasteiger partial charge on any atom is 0.0764 e. The zero-order valence-corrected chi connectivity index (χ0v) is 13.3. The Morgan fingerprint density at radius 1 is 1.05 bits per heavy atom. The lowest BCUT2D eigenvalue weighted by Crippen LogP contribution is -2.22. The molecule has 0 saturated carbocycles. The van der Waals surface area contributed by atoms with Crippen LogP contribution < -0.4 is 5.32 Å². The predicted molar refractivity (Wildman–Crippen MR) is 89.7 cm³/mol. The van der Waals surface area contributed by atoms with Crippen molar-refractivity contribution in [2.75, 3.05) is 6.54 Å². The first-order valence-corrected chi connectivity index (χ1v) is 9.17. The van der Waals surface area contributed by atoms with Gasteiger partial charge in [0.2, 0.25) is 0 Å². The molecule has 2 aromatic heterocycles. The van der Waals surface area contributed by atoms with E-state index in [2.05, 4.69) is 46.4 Å². The van der Waals surface area contributed by atoms with Crippen molar-refractivity contribution >= 4 is 22.7 Å². The van der Waals surface area contributed by atoms with E-state index < -0.39 is 0 Å². The molecular formula is C17H21NS2. The summed E-state index contributed by atoms with van der Waals surface area (Å²) in [4.78, 5) is 2.84. The monoisotopic (exact) mass is 303 g/mol. The molecule has 106 valence electrons. The molecule has 0 radical (unpaired) electrons. The molecule has 0 aliphatic heterocycles. The van der Waals surface area contributed by atoms with E-state index in [1.165, 1.54) is 41.9 Å². The Morgan fingerprint density at radius 2 is 1.80 bits per heavy atom. The van der Waals surface area contributed by atoms with E-state index in [4.69, 9.17) is 0 Å². The first kappa shape index (κ1) is 14.1. The van der Waals surface area contributed by atoms with Crippen LogP contribution in [0.2, 0.25) is 0 Å². The van der Waals surface area contributed by atoms with Crippen molar-refractivity contribution in [2.24, 2.45) is 0 Å². The van der Waals surface area contributed by atoms with Gasteiger partial charge in [-0.15, -0.1) is 22.7 Å². The minimum absolute atomic E-state index is 0.374. The summed E-state index contributed by atoms with van der Waals surface area (Å²) in [5.41, 5.74) is 1.65. The molecular weight excluding hydrogens is 282 g/mol. The molecule has 0 spiro atoms. The molecule has 2 aromatic rings. The fraction of sp³-hybridized carbons (Fsp3) is 0.412. The van der Waals surface area contributed by atoms with Gasteiger partial charge in [0, 0.05) is 9.75 Å². The summed E-state index contributed by atoms with van der Waals surface area (Å²) in [7, 11) is 0. The van der Waals surface area contributed by atoms with E-state index in [9.17, 15) is 0 Å². The highest BCUT2D eigenvalue weighted by Gasteiger charge is 2.15. The number of rotatable bonds is 6. The van der Waals surface area contributed by atoms with Gasteiger partial charge in [0.15, 0.2) is 0 Å². The number of thiophene rings is 2.